The van der Waals surface area contributed by atoms with Gasteiger partial charge in [-0.1, -0.05) is 42.2 Å². The summed E-state index contributed by atoms with van der Waals surface area (Å²) in [7, 11) is 0. The van der Waals surface area contributed by atoms with Gasteiger partial charge in [-0.25, -0.2) is 0 Å². The predicted molar refractivity (Wildman–Crippen MR) is 99.2 cm³/mol. The number of amides is 1. The largest absolute Gasteiger partial charge is 0.355 e. The molecule has 0 spiro atoms. The van der Waals surface area contributed by atoms with Crippen LogP contribution in [0, 0.1) is 11.8 Å². The molecule has 2 atom stereocenters. The van der Waals surface area contributed by atoms with E-state index < -0.39 is 0 Å². The maximum atomic E-state index is 12.4. The van der Waals surface area contributed by atoms with E-state index in [1.165, 1.54) is 5.56 Å². The number of fused-ring (bicyclic) bond motifs is 1. The van der Waals surface area contributed by atoms with Crippen LogP contribution in [-0.4, -0.2) is 36.5 Å². The molecular formula is C22H22N2O. The van der Waals surface area contributed by atoms with Gasteiger partial charge in [-0.15, -0.1) is 0 Å². The molecule has 25 heavy (non-hydrogen) atoms. The molecule has 2 aliphatic rings. The topological polar surface area (TPSA) is 32.3 Å². The third-order valence-corrected chi connectivity index (χ3v) is 5.16. The Bertz CT molecular complexity index is 801. The van der Waals surface area contributed by atoms with Crippen molar-refractivity contribution in [2.45, 2.75) is 24.8 Å². The minimum absolute atomic E-state index is 0.0104. The van der Waals surface area contributed by atoms with Crippen LogP contribution in [0.4, 0.5) is 0 Å². The molecule has 2 aromatic rings. The van der Waals surface area contributed by atoms with Crippen LogP contribution < -0.4 is 5.32 Å². The van der Waals surface area contributed by atoms with Crippen molar-refractivity contribution >= 4 is 5.91 Å². The molecule has 2 fully saturated rings. The fourth-order valence-corrected chi connectivity index (χ4v) is 3.88. The third-order valence-electron chi connectivity index (χ3n) is 5.16. The van der Waals surface area contributed by atoms with Crippen molar-refractivity contribution in [2.24, 2.45) is 0 Å². The highest BCUT2D eigenvalue weighted by Gasteiger charge is 2.40. The number of carbonyl (C=O) groups is 1. The molecule has 0 aliphatic carbocycles. The van der Waals surface area contributed by atoms with E-state index in [0.29, 0.717) is 0 Å². The average Bonchev–Trinajstić information content (AvgIpc) is 3.00. The molecule has 0 saturated carbocycles. The fraction of sp³-hybridized carbons (Fsp3) is 0.318. The van der Waals surface area contributed by atoms with Crippen LogP contribution in [0.25, 0.3) is 0 Å². The highest BCUT2D eigenvalue weighted by atomic mass is 16.2. The zero-order valence-corrected chi connectivity index (χ0v) is 14.2. The van der Waals surface area contributed by atoms with Gasteiger partial charge in [0.2, 0.25) is 5.91 Å². The Kier molecular flexibility index (Phi) is 4.54. The summed E-state index contributed by atoms with van der Waals surface area (Å²) in [4.78, 5) is 14.8. The molecule has 1 N–H and O–H groups in total. The Balaban J connectivity index is 1.52. The molecule has 0 bridgehead atoms. The summed E-state index contributed by atoms with van der Waals surface area (Å²) in [6.45, 7) is 2.82. The summed E-state index contributed by atoms with van der Waals surface area (Å²) in [5.74, 6) is 6.88. The maximum absolute atomic E-state index is 12.4. The molecule has 0 unspecified atom stereocenters. The Morgan fingerprint density at radius 1 is 0.920 bits per heavy atom. The lowest BCUT2D eigenvalue weighted by Gasteiger charge is -2.24. The van der Waals surface area contributed by atoms with E-state index in [1.807, 2.05) is 30.3 Å². The molecule has 1 amide bonds. The van der Waals surface area contributed by atoms with Crippen LogP contribution in [0.15, 0.2) is 54.6 Å². The fourth-order valence-electron chi connectivity index (χ4n) is 3.88. The van der Waals surface area contributed by atoms with E-state index in [2.05, 4.69) is 46.3 Å². The number of nitrogens with one attached hydrogen (secondary N) is 1. The molecule has 0 radical (unpaired) electrons. The molecule has 0 aromatic heterocycles. The summed E-state index contributed by atoms with van der Waals surface area (Å²) in [5, 5.41) is 3.06. The summed E-state index contributed by atoms with van der Waals surface area (Å²) < 4.78 is 0. The minimum Gasteiger partial charge on any atom is -0.355 e. The first-order valence-corrected chi connectivity index (χ1v) is 9.00. The van der Waals surface area contributed by atoms with Crippen molar-refractivity contribution in [2.75, 3.05) is 19.6 Å². The molecule has 2 saturated heterocycles. The van der Waals surface area contributed by atoms with Crippen LogP contribution in [0.2, 0.25) is 0 Å². The number of rotatable bonds is 1. The normalized spacial score (nSPS) is 23.1. The smallest absolute Gasteiger partial charge is 0.237 e. The Morgan fingerprint density at radius 2 is 1.64 bits per heavy atom. The number of benzene rings is 2. The van der Waals surface area contributed by atoms with E-state index in [9.17, 15) is 4.79 Å². The van der Waals surface area contributed by atoms with Crippen molar-refractivity contribution < 1.29 is 4.79 Å². The molecule has 2 heterocycles. The van der Waals surface area contributed by atoms with Crippen LogP contribution in [0.5, 0.6) is 0 Å². The first-order valence-electron chi connectivity index (χ1n) is 9.00. The number of hydrogen-bond acceptors (Lipinski definition) is 2. The van der Waals surface area contributed by atoms with Crippen molar-refractivity contribution in [1.82, 2.24) is 10.2 Å². The quantitative estimate of drug-likeness (QED) is 0.816. The highest BCUT2D eigenvalue weighted by Crippen LogP contribution is 2.34. The van der Waals surface area contributed by atoms with Crippen molar-refractivity contribution in [3.8, 4) is 11.8 Å². The van der Waals surface area contributed by atoms with E-state index in [-0.39, 0.29) is 17.9 Å². The molecule has 2 aliphatic heterocycles. The Morgan fingerprint density at radius 3 is 2.40 bits per heavy atom. The summed E-state index contributed by atoms with van der Waals surface area (Å²) >= 11 is 0. The van der Waals surface area contributed by atoms with Crippen LogP contribution in [0.1, 0.15) is 35.4 Å². The molecule has 3 heteroatoms. The number of hydrogen-bond donors (Lipinski definition) is 1. The zero-order valence-electron chi connectivity index (χ0n) is 14.2. The second kappa shape index (κ2) is 7.13. The van der Waals surface area contributed by atoms with Gasteiger partial charge in [0.25, 0.3) is 0 Å². The van der Waals surface area contributed by atoms with Crippen molar-refractivity contribution in [1.29, 1.82) is 0 Å². The minimum atomic E-state index is -0.0104. The lowest BCUT2D eigenvalue weighted by Crippen LogP contribution is -2.42. The van der Waals surface area contributed by atoms with Crippen molar-refractivity contribution in [3.05, 3.63) is 71.3 Å². The van der Waals surface area contributed by atoms with Gasteiger partial charge in [0, 0.05) is 30.1 Å². The van der Waals surface area contributed by atoms with Gasteiger partial charge in [0.15, 0.2) is 0 Å². The standard InChI is InChI=1S/C22H22N2O/c25-22-21-20(13-16-24(21)15-4-14-23-22)19-11-9-18(10-12-19)8-7-17-5-2-1-3-6-17/h1-3,5-6,9-12,20-21H,4,13-16H2,(H,23,25)/t20-,21+/m1/s1. The van der Waals surface area contributed by atoms with Gasteiger partial charge in [0.1, 0.15) is 0 Å². The molecule has 3 nitrogen and oxygen atoms in total. The monoisotopic (exact) mass is 330 g/mol. The Hall–Kier alpha value is -2.57. The number of nitrogens with zero attached hydrogens (tertiary/aromatic N) is 1. The molecule has 2 aromatic carbocycles. The average molecular weight is 330 g/mol. The van der Waals surface area contributed by atoms with E-state index in [1.54, 1.807) is 0 Å². The predicted octanol–water partition coefficient (Wildman–Crippen LogP) is 2.76. The third kappa shape index (κ3) is 3.45. The number of carbonyl (C=O) groups excluding carboxylic acids is 1. The van der Waals surface area contributed by atoms with Gasteiger partial charge < -0.3 is 5.32 Å². The summed E-state index contributed by atoms with van der Waals surface area (Å²) in [5.41, 5.74) is 3.27. The van der Waals surface area contributed by atoms with E-state index in [4.69, 9.17) is 0 Å². The van der Waals surface area contributed by atoms with Crippen LogP contribution in [-0.2, 0) is 4.79 Å². The second-order valence-corrected chi connectivity index (χ2v) is 6.76. The van der Waals surface area contributed by atoms with E-state index >= 15 is 0 Å². The van der Waals surface area contributed by atoms with Crippen LogP contribution >= 0.6 is 0 Å². The van der Waals surface area contributed by atoms with Gasteiger partial charge >= 0.3 is 0 Å². The van der Waals surface area contributed by atoms with Gasteiger partial charge in [-0.2, -0.15) is 0 Å². The summed E-state index contributed by atoms with van der Waals surface area (Å²) in [6.07, 6.45) is 2.09. The van der Waals surface area contributed by atoms with Gasteiger partial charge in [0.05, 0.1) is 6.04 Å². The second-order valence-electron chi connectivity index (χ2n) is 6.76. The zero-order chi connectivity index (χ0) is 17.1. The van der Waals surface area contributed by atoms with Gasteiger partial charge in [-0.05, 0) is 49.2 Å². The molecule has 4 rings (SSSR count). The molecular weight excluding hydrogens is 308 g/mol. The first kappa shape index (κ1) is 15.9. The highest BCUT2D eigenvalue weighted by molar-refractivity contribution is 5.83. The molecule has 126 valence electrons. The van der Waals surface area contributed by atoms with Crippen molar-refractivity contribution in [3.63, 3.8) is 0 Å². The maximum Gasteiger partial charge on any atom is 0.237 e. The Labute approximate surface area is 149 Å². The van der Waals surface area contributed by atoms with E-state index in [0.717, 1.165) is 43.6 Å². The lowest BCUT2D eigenvalue weighted by molar-refractivity contribution is -0.124. The SMILES string of the molecule is O=C1NCCCN2CC[C@H](c3ccc(C#Cc4ccccc4)cc3)[C@@H]12. The summed E-state index contributed by atoms with van der Waals surface area (Å²) in [6, 6.07) is 18.4. The first-order chi connectivity index (χ1) is 12.3. The lowest BCUT2D eigenvalue weighted by atomic mass is 9.90. The van der Waals surface area contributed by atoms with Crippen LogP contribution in [0.3, 0.4) is 0 Å². The van der Waals surface area contributed by atoms with Gasteiger partial charge in [-0.3, -0.25) is 9.69 Å².